The summed E-state index contributed by atoms with van der Waals surface area (Å²) in [5.74, 6) is 1.04. The number of aliphatic imine (C=N–C) groups is 4. The fourth-order valence-corrected chi connectivity index (χ4v) is 10.3. The lowest BCUT2D eigenvalue weighted by molar-refractivity contribution is 0.389. The molecule has 0 bridgehead atoms. The fraction of sp³-hybridized carbons (Fsp3) is 0.569. The molecule has 0 aromatic heterocycles. The van der Waals surface area contributed by atoms with Gasteiger partial charge in [-0.15, -0.1) is 0 Å². The monoisotopic (exact) mass is 993 g/mol. The highest BCUT2D eigenvalue weighted by Gasteiger charge is 2.30. The van der Waals surface area contributed by atoms with E-state index >= 15 is 0 Å². The van der Waals surface area contributed by atoms with Crippen LogP contribution < -0.4 is 0 Å². The van der Waals surface area contributed by atoms with Crippen LogP contribution in [0.15, 0.2) is 68.5 Å². The van der Waals surface area contributed by atoms with Gasteiger partial charge in [-0.05, 0) is 111 Å². The van der Waals surface area contributed by atoms with E-state index in [1.165, 1.54) is 0 Å². The predicted octanol–water partition coefficient (Wildman–Crippen LogP) is 15.6. The van der Waals surface area contributed by atoms with E-state index in [1.807, 2.05) is 24.9 Å². The Labute approximate surface area is 440 Å². The van der Waals surface area contributed by atoms with E-state index < -0.39 is 0 Å². The quantitative estimate of drug-likeness (QED) is 0.118. The van der Waals surface area contributed by atoms with Gasteiger partial charge in [-0.2, -0.15) is 0 Å². The molecule has 4 atom stereocenters. The van der Waals surface area contributed by atoms with Gasteiger partial charge in [-0.25, -0.2) is 0 Å². The molecule has 0 saturated heterocycles. The van der Waals surface area contributed by atoms with Gasteiger partial charge in [0, 0.05) is 69.4 Å². The number of phenols is 4. The molecule has 4 aromatic rings. The highest BCUT2D eigenvalue weighted by molar-refractivity contribution is 5.88. The molecule has 8 heteroatoms. The highest BCUT2D eigenvalue weighted by atomic mass is 16.3. The van der Waals surface area contributed by atoms with E-state index in [2.05, 4.69) is 173 Å². The highest BCUT2D eigenvalue weighted by Crippen LogP contribution is 2.41. The standard InChI is InChI=1S/C65H92N4O4/c1-60(2,3)46-32-44(58(72)50(34-46)64(13,14)15)38-68-54-25-21-19-23-52(54)66-36-42-28-40(30-48(56(42)70)62(7,8)9)27-41-29-43(57(71)49(31-41)63(10,11)12)37-67-53-24-20-22-26-55(53)69-39-45-33-47(61(4,5)6)35-51(59(45)73)65(16,17)18/h28-39,52-55,70-73H,19-27H2,1-18H3. The molecule has 0 aliphatic heterocycles. The number of hydrogen-bond donors (Lipinski definition) is 4. The Morgan fingerprint density at radius 2 is 0.575 bits per heavy atom. The fourth-order valence-electron chi connectivity index (χ4n) is 10.3. The minimum absolute atomic E-state index is 0.0580. The van der Waals surface area contributed by atoms with Crippen LogP contribution in [0.25, 0.3) is 0 Å². The van der Waals surface area contributed by atoms with Crippen LogP contribution in [0.1, 0.15) is 243 Å². The van der Waals surface area contributed by atoms with Crippen molar-refractivity contribution in [3.05, 3.63) is 115 Å². The summed E-state index contributed by atoms with van der Waals surface area (Å²) in [5.41, 5.74) is 9.42. The number of hydrogen-bond acceptors (Lipinski definition) is 8. The second-order valence-corrected chi connectivity index (χ2v) is 27.7. The Morgan fingerprint density at radius 3 is 0.808 bits per heavy atom. The molecule has 0 spiro atoms. The van der Waals surface area contributed by atoms with E-state index in [4.69, 9.17) is 20.0 Å². The molecule has 4 unspecified atom stereocenters. The Balaban J connectivity index is 1.32. The summed E-state index contributed by atoms with van der Waals surface area (Å²) in [5, 5.41) is 46.8. The van der Waals surface area contributed by atoms with Crippen molar-refractivity contribution in [2.45, 2.75) is 239 Å². The first-order chi connectivity index (χ1) is 33.6. The molecule has 0 radical (unpaired) electrons. The summed E-state index contributed by atoms with van der Waals surface area (Å²) in [7, 11) is 0. The van der Waals surface area contributed by atoms with Crippen molar-refractivity contribution in [1.29, 1.82) is 0 Å². The van der Waals surface area contributed by atoms with E-state index in [-0.39, 0.29) is 79.7 Å². The molecule has 8 nitrogen and oxygen atoms in total. The minimum Gasteiger partial charge on any atom is -0.507 e. The van der Waals surface area contributed by atoms with Gasteiger partial charge >= 0.3 is 0 Å². The zero-order valence-electron chi connectivity index (χ0n) is 48.2. The number of nitrogens with zero attached hydrogens (tertiary/aromatic N) is 4. The SMILES string of the molecule is CC(C)(C)c1cc(C=NC2CCCCC2N=Cc2cc(Cc3cc(C=NC4CCCCC4N=Cc4cc(C(C)(C)C)cc(C(C)(C)C)c4O)c(O)c(C(C)(C)C)c3)cc(C(C)(C)C)c2O)c(O)c(C(C)(C)C)c1. The third kappa shape index (κ3) is 14.1. The van der Waals surface area contributed by atoms with Gasteiger partial charge in [0.25, 0.3) is 0 Å². The molecule has 0 amide bonds. The summed E-state index contributed by atoms with van der Waals surface area (Å²) in [4.78, 5) is 20.7. The van der Waals surface area contributed by atoms with Crippen molar-refractivity contribution in [2.24, 2.45) is 20.0 Å². The van der Waals surface area contributed by atoms with Gasteiger partial charge in [-0.1, -0.05) is 175 Å². The largest absolute Gasteiger partial charge is 0.507 e. The van der Waals surface area contributed by atoms with Crippen LogP contribution in [-0.4, -0.2) is 69.5 Å². The van der Waals surface area contributed by atoms with Crippen molar-refractivity contribution in [2.75, 3.05) is 0 Å². The molecule has 2 aliphatic carbocycles. The van der Waals surface area contributed by atoms with Crippen LogP contribution in [0.2, 0.25) is 0 Å². The molecule has 0 heterocycles. The lowest BCUT2D eigenvalue weighted by Gasteiger charge is -2.28. The second-order valence-electron chi connectivity index (χ2n) is 27.7. The number of rotatable bonds is 10. The number of phenolic OH excluding ortho intramolecular Hbond substituents is 4. The summed E-state index contributed by atoms with van der Waals surface area (Å²) in [6.07, 6.45) is 15.8. The molecular weight excluding hydrogens is 901 g/mol. The first-order valence-corrected chi connectivity index (χ1v) is 27.2. The molecule has 2 fully saturated rings. The topological polar surface area (TPSA) is 130 Å². The van der Waals surface area contributed by atoms with Gasteiger partial charge in [0.15, 0.2) is 0 Å². The normalized spacial score (nSPS) is 20.1. The van der Waals surface area contributed by atoms with Gasteiger partial charge in [0.2, 0.25) is 0 Å². The summed E-state index contributed by atoms with van der Waals surface area (Å²) in [6, 6.07) is 16.5. The van der Waals surface area contributed by atoms with Crippen molar-refractivity contribution in [3.8, 4) is 23.0 Å². The van der Waals surface area contributed by atoms with Crippen molar-refractivity contribution in [1.82, 2.24) is 0 Å². The molecular formula is C65H92N4O4. The molecule has 6 rings (SSSR count). The van der Waals surface area contributed by atoms with Crippen LogP contribution in [-0.2, 0) is 38.9 Å². The average Bonchev–Trinajstić information content (AvgIpc) is 3.26. The smallest absolute Gasteiger partial charge is 0.128 e. The average molecular weight is 993 g/mol. The molecule has 73 heavy (non-hydrogen) atoms. The minimum atomic E-state index is -0.346. The predicted molar refractivity (Wildman–Crippen MR) is 310 cm³/mol. The van der Waals surface area contributed by atoms with E-state index in [0.29, 0.717) is 17.5 Å². The number of benzene rings is 4. The van der Waals surface area contributed by atoms with Gasteiger partial charge in [-0.3, -0.25) is 20.0 Å². The van der Waals surface area contributed by atoms with E-state index in [0.717, 1.165) is 107 Å². The second kappa shape index (κ2) is 21.5. The van der Waals surface area contributed by atoms with Gasteiger partial charge in [0.1, 0.15) is 23.0 Å². The first-order valence-electron chi connectivity index (χ1n) is 27.2. The summed E-state index contributed by atoms with van der Waals surface area (Å²) < 4.78 is 0. The molecule has 2 saturated carbocycles. The lowest BCUT2D eigenvalue weighted by atomic mass is 9.79. The van der Waals surface area contributed by atoms with Crippen molar-refractivity contribution >= 4 is 24.9 Å². The van der Waals surface area contributed by atoms with Crippen molar-refractivity contribution < 1.29 is 20.4 Å². The number of aromatic hydroxyl groups is 4. The molecule has 2 aliphatic rings. The third-order valence-corrected chi connectivity index (χ3v) is 15.1. The maximum Gasteiger partial charge on any atom is 0.128 e. The summed E-state index contributed by atoms with van der Waals surface area (Å²) >= 11 is 0. The van der Waals surface area contributed by atoms with Crippen LogP contribution in [0.5, 0.6) is 23.0 Å². The van der Waals surface area contributed by atoms with E-state index in [9.17, 15) is 20.4 Å². The van der Waals surface area contributed by atoms with Crippen LogP contribution in [0, 0.1) is 0 Å². The first kappa shape index (κ1) is 57.0. The maximum atomic E-state index is 11.9. The third-order valence-electron chi connectivity index (χ3n) is 15.1. The Hall–Kier alpha value is -5.24. The molecule has 4 N–H and O–H groups in total. The van der Waals surface area contributed by atoms with Crippen LogP contribution in [0.4, 0.5) is 0 Å². The van der Waals surface area contributed by atoms with Gasteiger partial charge in [0.05, 0.1) is 24.2 Å². The Bertz CT molecular complexity index is 2550. The summed E-state index contributed by atoms with van der Waals surface area (Å²) in [6.45, 7) is 38.7. The van der Waals surface area contributed by atoms with E-state index in [1.54, 1.807) is 0 Å². The Kier molecular flexibility index (Phi) is 16.8. The van der Waals surface area contributed by atoms with Crippen LogP contribution >= 0.6 is 0 Å². The maximum absolute atomic E-state index is 11.9. The zero-order valence-corrected chi connectivity index (χ0v) is 48.2. The molecule has 396 valence electrons. The molecule has 4 aromatic carbocycles. The van der Waals surface area contributed by atoms with Crippen molar-refractivity contribution in [3.63, 3.8) is 0 Å². The zero-order chi connectivity index (χ0) is 54.2. The Morgan fingerprint density at radius 1 is 0.342 bits per heavy atom. The lowest BCUT2D eigenvalue weighted by Crippen LogP contribution is -2.27. The van der Waals surface area contributed by atoms with Gasteiger partial charge < -0.3 is 20.4 Å². The van der Waals surface area contributed by atoms with Crippen LogP contribution in [0.3, 0.4) is 0 Å².